The molecule has 1 aromatic rings. The van der Waals surface area contributed by atoms with E-state index >= 15 is 0 Å². The molecule has 16 heavy (non-hydrogen) atoms. The number of anilines is 1. The molecule has 0 saturated heterocycles. The second kappa shape index (κ2) is 6.76. The van der Waals surface area contributed by atoms with E-state index in [1.54, 1.807) is 14.2 Å². The fourth-order valence-corrected chi connectivity index (χ4v) is 1.79. The van der Waals surface area contributed by atoms with Gasteiger partial charge in [0.2, 0.25) is 0 Å². The molecule has 0 radical (unpaired) electrons. The minimum absolute atomic E-state index is 0.350. The topological polar surface area (TPSA) is 30.5 Å². The Labute approximate surface area is 105 Å². The van der Waals surface area contributed by atoms with Gasteiger partial charge < -0.3 is 14.8 Å². The molecule has 0 aliphatic heterocycles. The van der Waals surface area contributed by atoms with E-state index in [1.165, 1.54) is 0 Å². The van der Waals surface area contributed by atoms with Gasteiger partial charge in [0.1, 0.15) is 5.75 Å². The van der Waals surface area contributed by atoms with Gasteiger partial charge >= 0.3 is 0 Å². The first-order valence-corrected chi connectivity index (χ1v) is 6.05. The number of hydrogen-bond donors (Lipinski definition) is 1. The van der Waals surface area contributed by atoms with Crippen LogP contribution in [-0.2, 0) is 4.74 Å². The summed E-state index contributed by atoms with van der Waals surface area (Å²) < 4.78 is 11.4. The molecule has 0 heterocycles. The fourth-order valence-electron chi connectivity index (χ4n) is 1.43. The first-order chi connectivity index (χ1) is 7.67. The van der Waals surface area contributed by atoms with Crippen molar-refractivity contribution in [2.75, 3.05) is 26.1 Å². The Morgan fingerprint density at radius 3 is 2.75 bits per heavy atom. The molecule has 0 saturated carbocycles. The lowest BCUT2D eigenvalue weighted by Crippen LogP contribution is -2.17. The number of nitrogens with one attached hydrogen (secondary N) is 1. The molecule has 1 N–H and O–H groups in total. The fraction of sp³-hybridized carbons (Fsp3) is 0.500. The molecular formula is C12H18BrNO2. The smallest absolute Gasteiger partial charge is 0.142 e. The summed E-state index contributed by atoms with van der Waals surface area (Å²) >= 11 is 3.45. The van der Waals surface area contributed by atoms with Crippen LogP contribution in [0.25, 0.3) is 0 Å². The predicted octanol–water partition coefficient (Wildman–Crippen LogP) is 3.29. The van der Waals surface area contributed by atoms with Gasteiger partial charge in [-0.2, -0.15) is 0 Å². The summed E-state index contributed by atoms with van der Waals surface area (Å²) in [5.74, 6) is 0.854. The predicted molar refractivity (Wildman–Crippen MR) is 70.3 cm³/mol. The van der Waals surface area contributed by atoms with Crippen LogP contribution in [0.4, 0.5) is 5.69 Å². The van der Waals surface area contributed by atoms with Crippen molar-refractivity contribution in [3.63, 3.8) is 0 Å². The van der Waals surface area contributed by atoms with Crippen LogP contribution < -0.4 is 10.1 Å². The molecule has 3 nitrogen and oxygen atoms in total. The second-order valence-electron chi connectivity index (χ2n) is 3.67. The third-order valence-electron chi connectivity index (χ3n) is 2.32. The summed E-state index contributed by atoms with van der Waals surface area (Å²) in [5, 5.41) is 3.40. The molecule has 0 spiro atoms. The van der Waals surface area contributed by atoms with Crippen LogP contribution in [0.3, 0.4) is 0 Å². The van der Waals surface area contributed by atoms with Crippen LogP contribution in [0.2, 0.25) is 0 Å². The third-order valence-corrected chi connectivity index (χ3v) is 2.81. The standard InChI is InChI=1S/C12H18BrNO2/c1-9(6-7-15-2)14-11-8-10(13)4-5-12(11)16-3/h4-5,8-9,14H,6-7H2,1-3H3. The van der Waals surface area contributed by atoms with E-state index < -0.39 is 0 Å². The molecule has 0 aromatic heterocycles. The van der Waals surface area contributed by atoms with Gasteiger partial charge in [-0.1, -0.05) is 15.9 Å². The molecule has 0 aliphatic rings. The highest BCUT2D eigenvalue weighted by atomic mass is 79.9. The van der Waals surface area contributed by atoms with Gasteiger partial charge in [-0.25, -0.2) is 0 Å². The van der Waals surface area contributed by atoms with E-state index in [4.69, 9.17) is 9.47 Å². The number of hydrogen-bond acceptors (Lipinski definition) is 3. The number of rotatable bonds is 6. The van der Waals surface area contributed by atoms with Crippen LogP contribution in [0.15, 0.2) is 22.7 Å². The zero-order valence-electron chi connectivity index (χ0n) is 9.92. The third kappa shape index (κ3) is 4.02. The molecule has 1 rings (SSSR count). The van der Waals surface area contributed by atoms with E-state index in [2.05, 4.69) is 28.2 Å². The van der Waals surface area contributed by atoms with Gasteiger partial charge in [0.25, 0.3) is 0 Å². The number of benzene rings is 1. The summed E-state index contributed by atoms with van der Waals surface area (Å²) in [6, 6.07) is 6.27. The zero-order chi connectivity index (χ0) is 12.0. The van der Waals surface area contributed by atoms with E-state index in [0.29, 0.717) is 6.04 Å². The van der Waals surface area contributed by atoms with E-state index in [9.17, 15) is 0 Å². The first-order valence-electron chi connectivity index (χ1n) is 5.26. The van der Waals surface area contributed by atoms with Crippen molar-refractivity contribution in [3.8, 4) is 5.75 Å². The average molecular weight is 288 g/mol. The van der Waals surface area contributed by atoms with Crippen molar-refractivity contribution >= 4 is 21.6 Å². The summed E-state index contributed by atoms with van der Waals surface area (Å²) in [5.41, 5.74) is 1.00. The maximum atomic E-state index is 5.29. The lowest BCUT2D eigenvalue weighted by Gasteiger charge is -2.17. The average Bonchev–Trinajstić information content (AvgIpc) is 2.27. The Balaban J connectivity index is 2.67. The van der Waals surface area contributed by atoms with E-state index in [1.807, 2.05) is 18.2 Å². The number of halogens is 1. The highest BCUT2D eigenvalue weighted by Gasteiger charge is 2.07. The van der Waals surface area contributed by atoms with E-state index in [0.717, 1.165) is 28.9 Å². The second-order valence-corrected chi connectivity index (χ2v) is 4.59. The zero-order valence-corrected chi connectivity index (χ0v) is 11.5. The lowest BCUT2D eigenvalue weighted by molar-refractivity contribution is 0.191. The molecule has 0 fully saturated rings. The van der Waals surface area contributed by atoms with Crippen molar-refractivity contribution in [1.82, 2.24) is 0 Å². The molecule has 1 atom stereocenters. The Kier molecular flexibility index (Phi) is 5.63. The minimum atomic E-state index is 0.350. The quantitative estimate of drug-likeness (QED) is 0.871. The largest absolute Gasteiger partial charge is 0.495 e. The van der Waals surface area contributed by atoms with Gasteiger partial charge in [-0.3, -0.25) is 0 Å². The maximum absolute atomic E-state index is 5.29. The normalized spacial score (nSPS) is 12.2. The number of ether oxygens (including phenoxy) is 2. The number of methoxy groups -OCH3 is 2. The molecule has 0 aliphatic carbocycles. The van der Waals surface area contributed by atoms with Crippen LogP contribution in [0.5, 0.6) is 5.75 Å². The summed E-state index contributed by atoms with van der Waals surface area (Å²) in [7, 11) is 3.39. The molecule has 4 heteroatoms. The van der Waals surface area contributed by atoms with Crippen molar-refractivity contribution < 1.29 is 9.47 Å². The van der Waals surface area contributed by atoms with Crippen LogP contribution in [0.1, 0.15) is 13.3 Å². The van der Waals surface area contributed by atoms with Gasteiger partial charge in [-0.15, -0.1) is 0 Å². The SMILES string of the molecule is COCCC(C)Nc1cc(Br)ccc1OC. The molecule has 1 unspecified atom stereocenters. The maximum Gasteiger partial charge on any atom is 0.142 e. The van der Waals surface area contributed by atoms with Gasteiger partial charge in [0, 0.05) is 24.2 Å². The lowest BCUT2D eigenvalue weighted by atomic mass is 10.2. The summed E-state index contributed by atoms with van der Waals surface area (Å²) in [6.07, 6.45) is 0.964. The van der Waals surface area contributed by atoms with Crippen LogP contribution in [-0.4, -0.2) is 26.9 Å². The Hall–Kier alpha value is -0.740. The molecular weight excluding hydrogens is 270 g/mol. The highest BCUT2D eigenvalue weighted by molar-refractivity contribution is 9.10. The van der Waals surface area contributed by atoms with Crippen molar-refractivity contribution in [2.45, 2.75) is 19.4 Å². The van der Waals surface area contributed by atoms with Gasteiger partial charge in [0.15, 0.2) is 0 Å². The Morgan fingerprint density at radius 1 is 1.38 bits per heavy atom. The first kappa shape index (κ1) is 13.3. The van der Waals surface area contributed by atoms with Crippen molar-refractivity contribution in [1.29, 1.82) is 0 Å². The van der Waals surface area contributed by atoms with Crippen molar-refractivity contribution in [3.05, 3.63) is 22.7 Å². The van der Waals surface area contributed by atoms with E-state index in [-0.39, 0.29) is 0 Å². The van der Waals surface area contributed by atoms with Crippen LogP contribution >= 0.6 is 15.9 Å². The van der Waals surface area contributed by atoms with Crippen LogP contribution in [0, 0.1) is 0 Å². The van der Waals surface area contributed by atoms with Gasteiger partial charge in [0.05, 0.1) is 12.8 Å². The minimum Gasteiger partial charge on any atom is -0.495 e. The molecule has 1 aromatic carbocycles. The summed E-state index contributed by atoms with van der Waals surface area (Å²) in [4.78, 5) is 0. The Morgan fingerprint density at radius 2 is 2.12 bits per heavy atom. The monoisotopic (exact) mass is 287 g/mol. The van der Waals surface area contributed by atoms with Gasteiger partial charge in [-0.05, 0) is 31.5 Å². The van der Waals surface area contributed by atoms with Crippen molar-refractivity contribution in [2.24, 2.45) is 0 Å². The molecule has 0 amide bonds. The Bertz CT molecular complexity index is 331. The molecule has 0 bridgehead atoms. The molecule has 90 valence electrons. The highest BCUT2D eigenvalue weighted by Crippen LogP contribution is 2.28. The summed E-state index contributed by atoms with van der Waals surface area (Å²) in [6.45, 7) is 2.88.